The van der Waals surface area contributed by atoms with Gasteiger partial charge in [0.2, 0.25) is 5.13 Å². The molecule has 2 aromatic heterocycles. The number of nitrogens with one attached hydrogen (secondary N) is 1. The summed E-state index contributed by atoms with van der Waals surface area (Å²) in [6, 6.07) is 12.3. The van der Waals surface area contributed by atoms with Crippen molar-refractivity contribution < 1.29 is 4.74 Å². The first-order chi connectivity index (χ1) is 10.8. The molecule has 0 aliphatic rings. The van der Waals surface area contributed by atoms with E-state index in [0.717, 1.165) is 38.4 Å². The predicted octanol–water partition coefficient (Wildman–Crippen LogP) is 3.44. The van der Waals surface area contributed by atoms with Crippen LogP contribution in [0.4, 0.5) is 5.13 Å². The van der Waals surface area contributed by atoms with E-state index >= 15 is 0 Å². The maximum Gasteiger partial charge on any atom is 0.206 e. The van der Waals surface area contributed by atoms with Gasteiger partial charge >= 0.3 is 0 Å². The SMILES string of the molecule is COCCNc1nnc(SCc2ccc3ccccc3n2)s1. The molecule has 2 heterocycles. The number of hydrogen-bond acceptors (Lipinski definition) is 7. The molecule has 0 fully saturated rings. The first-order valence-electron chi connectivity index (χ1n) is 6.89. The smallest absolute Gasteiger partial charge is 0.206 e. The number of anilines is 1. The molecule has 114 valence electrons. The summed E-state index contributed by atoms with van der Waals surface area (Å²) < 4.78 is 5.93. The molecule has 0 spiro atoms. The summed E-state index contributed by atoms with van der Waals surface area (Å²) in [5, 5.41) is 13.5. The zero-order valence-corrected chi connectivity index (χ0v) is 13.8. The monoisotopic (exact) mass is 332 g/mol. The summed E-state index contributed by atoms with van der Waals surface area (Å²) >= 11 is 3.21. The Morgan fingerprint density at radius 1 is 1.18 bits per heavy atom. The van der Waals surface area contributed by atoms with Crippen LogP contribution in [0.3, 0.4) is 0 Å². The van der Waals surface area contributed by atoms with Gasteiger partial charge in [-0.15, -0.1) is 10.2 Å². The largest absolute Gasteiger partial charge is 0.383 e. The third-order valence-electron chi connectivity index (χ3n) is 2.99. The van der Waals surface area contributed by atoms with Crippen molar-refractivity contribution in [3.63, 3.8) is 0 Å². The highest BCUT2D eigenvalue weighted by Crippen LogP contribution is 2.28. The third kappa shape index (κ3) is 3.94. The minimum Gasteiger partial charge on any atom is -0.383 e. The molecule has 3 aromatic rings. The van der Waals surface area contributed by atoms with Gasteiger partial charge in [0.25, 0.3) is 0 Å². The summed E-state index contributed by atoms with van der Waals surface area (Å²) in [7, 11) is 1.68. The Balaban J connectivity index is 1.59. The standard InChI is InChI=1S/C15H16N4OS2/c1-20-9-8-16-14-18-19-15(22-14)21-10-12-7-6-11-4-2-3-5-13(11)17-12/h2-7H,8-10H2,1H3,(H,16,18). The molecule has 0 unspecified atom stereocenters. The Morgan fingerprint density at radius 3 is 3.00 bits per heavy atom. The van der Waals surface area contributed by atoms with E-state index in [1.165, 1.54) is 0 Å². The predicted molar refractivity (Wildman–Crippen MR) is 91.6 cm³/mol. The Labute approximate surface area is 137 Å². The van der Waals surface area contributed by atoms with Crippen molar-refractivity contribution in [3.8, 4) is 0 Å². The highest BCUT2D eigenvalue weighted by atomic mass is 32.2. The topological polar surface area (TPSA) is 59.9 Å². The van der Waals surface area contributed by atoms with Gasteiger partial charge in [0, 0.05) is 24.8 Å². The third-order valence-corrected chi connectivity index (χ3v) is 5.04. The number of benzene rings is 1. The first-order valence-corrected chi connectivity index (χ1v) is 8.69. The highest BCUT2D eigenvalue weighted by molar-refractivity contribution is 8.00. The minimum atomic E-state index is 0.656. The molecule has 22 heavy (non-hydrogen) atoms. The lowest BCUT2D eigenvalue weighted by molar-refractivity contribution is 0.211. The molecule has 1 N–H and O–H groups in total. The fourth-order valence-corrected chi connectivity index (χ4v) is 3.61. The second-order valence-corrected chi connectivity index (χ2v) is 6.78. The Bertz CT molecular complexity index is 747. The van der Waals surface area contributed by atoms with Gasteiger partial charge in [-0.1, -0.05) is 47.4 Å². The molecule has 0 radical (unpaired) electrons. The zero-order valence-electron chi connectivity index (χ0n) is 12.2. The van der Waals surface area contributed by atoms with Crippen LogP contribution in [0.2, 0.25) is 0 Å². The van der Waals surface area contributed by atoms with Gasteiger partial charge in [-0.2, -0.15) is 0 Å². The number of nitrogens with zero attached hydrogens (tertiary/aromatic N) is 3. The molecule has 0 amide bonds. The van der Waals surface area contributed by atoms with Crippen LogP contribution >= 0.6 is 23.1 Å². The van der Waals surface area contributed by atoms with E-state index in [2.05, 4.69) is 38.7 Å². The van der Waals surface area contributed by atoms with Gasteiger partial charge < -0.3 is 10.1 Å². The van der Waals surface area contributed by atoms with Crippen molar-refractivity contribution in [2.24, 2.45) is 0 Å². The lowest BCUT2D eigenvalue weighted by atomic mass is 10.2. The van der Waals surface area contributed by atoms with Crippen molar-refractivity contribution in [3.05, 3.63) is 42.1 Å². The second kappa shape index (κ2) is 7.53. The fraction of sp³-hybridized carbons (Fsp3) is 0.267. The number of para-hydroxylation sites is 1. The van der Waals surface area contributed by atoms with Gasteiger partial charge in [-0.3, -0.25) is 4.98 Å². The van der Waals surface area contributed by atoms with E-state index in [-0.39, 0.29) is 0 Å². The minimum absolute atomic E-state index is 0.656. The number of methoxy groups -OCH3 is 1. The number of rotatable bonds is 7. The molecular weight excluding hydrogens is 316 g/mol. The molecule has 0 bridgehead atoms. The van der Waals surface area contributed by atoms with Crippen LogP contribution in [0.15, 0.2) is 40.7 Å². The molecule has 5 nitrogen and oxygen atoms in total. The van der Waals surface area contributed by atoms with Gasteiger partial charge in [-0.05, 0) is 12.1 Å². The molecular formula is C15H16N4OS2. The maximum absolute atomic E-state index is 4.99. The van der Waals surface area contributed by atoms with Gasteiger partial charge in [0.15, 0.2) is 4.34 Å². The van der Waals surface area contributed by atoms with E-state index in [0.29, 0.717) is 6.61 Å². The van der Waals surface area contributed by atoms with Crippen LogP contribution in [0.25, 0.3) is 10.9 Å². The van der Waals surface area contributed by atoms with E-state index in [1.54, 1.807) is 30.2 Å². The molecule has 7 heteroatoms. The summed E-state index contributed by atoms with van der Waals surface area (Å²) in [5.41, 5.74) is 2.08. The molecule has 0 saturated carbocycles. The molecule has 0 saturated heterocycles. The number of hydrogen-bond donors (Lipinski definition) is 1. The zero-order chi connectivity index (χ0) is 15.2. The van der Waals surface area contributed by atoms with Crippen LogP contribution in [0.5, 0.6) is 0 Å². The number of aromatic nitrogens is 3. The van der Waals surface area contributed by atoms with Crippen LogP contribution < -0.4 is 5.32 Å². The van der Waals surface area contributed by atoms with E-state index in [4.69, 9.17) is 4.74 Å². The first kappa shape index (κ1) is 15.2. The molecule has 0 aliphatic heterocycles. The van der Waals surface area contributed by atoms with E-state index in [1.807, 2.05) is 18.2 Å². The molecule has 3 rings (SSSR count). The maximum atomic E-state index is 4.99. The fourth-order valence-electron chi connectivity index (χ4n) is 1.92. The van der Waals surface area contributed by atoms with Crippen molar-refractivity contribution in [1.29, 1.82) is 0 Å². The van der Waals surface area contributed by atoms with E-state index in [9.17, 15) is 0 Å². The van der Waals surface area contributed by atoms with E-state index < -0.39 is 0 Å². The normalized spacial score (nSPS) is 11.0. The van der Waals surface area contributed by atoms with Crippen LogP contribution in [0.1, 0.15) is 5.69 Å². The number of pyridine rings is 1. The highest BCUT2D eigenvalue weighted by Gasteiger charge is 2.06. The summed E-state index contributed by atoms with van der Waals surface area (Å²) in [6.45, 7) is 1.39. The van der Waals surface area contributed by atoms with Crippen molar-refractivity contribution in [2.75, 3.05) is 25.6 Å². The summed E-state index contributed by atoms with van der Waals surface area (Å²) in [6.07, 6.45) is 0. The Hall–Kier alpha value is -1.70. The van der Waals surface area contributed by atoms with Crippen molar-refractivity contribution in [2.45, 2.75) is 10.1 Å². The molecule has 1 aromatic carbocycles. The van der Waals surface area contributed by atoms with Gasteiger partial charge in [0.1, 0.15) is 0 Å². The van der Waals surface area contributed by atoms with Crippen LogP contribution in [-0.2, 0) is 10.5 Å². The van der Waals surface area contributed by atoms with Crippen LogP contribution in [-0.4, -0.2) is 35.4 Å². The quantitative estimate of drug-likeness (QED) is 0.528. The lowest BCUT2D eigenvalue weighted by Gasteiger charge is -2.01. The molecule has 0 aliphatic carbocycles. The van der Waals surface area contributed by atoms with Crippen LogP contribution in [0, 0.1) is 0 Å². The lowest BCUT2D eigenvalue weighted by Crippen LogP contribution is -2.06. The van der Waals surface area contributed by atoms with Crippen molar-refractivity contribution >= 4 is 39.1 Å². The van der Waals surface area contributed by atoms with Crippen molar-refractivity contribution in [1.82, 2.24) is 15.2 Å². The number of thioether (sulfide) groups is 1. The Kier molecular flexibility index (Phi) is 5.20. The summed E-state index contributed by atoms with van der Waals surface area (Å²) in [4.78, 5) is 4.66. The average Bonchev–Trinajstić information content (AvgIpc) is 3.01. The number of fused-ring (bicyclic) bond motifs is 1. The Morgan fingerprint density at radius 2 is 2.09 bits per heavy atom. The second-order valence-electron chi connectivity index (χ2n) is 4.58. The summed E-state index contributed by atoms with van der Waals surface area (Å²) in [5.74, 6) is 0.789. The number of ether oxygens (including phenoxy) is 1. The van der Waals surface area contributed by atoms with Gasteiger partial charge in [0.05, 0.1) is 17.8 Å². The average molecular weight is 332 g/mol. The molecule has 0 atom stereocenters. The van der Waals surface area contributed by atoms with Gasteiger partial charge in [-0.25, -0.2) is 0 Å².